The summed E-state index contributed by atoms with van der Waals surface area (Å²) in [6.45, 7) is -0.109. The highest BCUT2D eigenvalue weighted by Crippen LogP contribution is 2.23. The van der Waals surface area contributed by atoms with Gasteiger partial charge in [-0.05, 0) is 37.0 Å². The average Bonchev–Trinajstić information content (AvgIpc) is 2.66. The van der Waals surface area contributed by atoms with Gasteiger partial charge in [0.1, 0.15) is 6.54 Å². The van der Waals surface area contributed by atoms with Gasteiger partial charge in [-0.25, -0.2) is 0 Å². The Morgan fingerprint density at radius 2 is 1.73 bits per heavy atom. The zero-order chi connectivity index (χ0) is 18.8. The third kappa shape index (κ3) is 7.44. The molecule has 1 saturated carbocycles. The van der Waals surface area contributed by atoms with E-state index >= 15 is 0 Å². The van der Waals surface area contributed by atoms with Gasteiger partial charge in [0.25, 0.3) is 5.91 Å². The molecule has 2 rings (SSSR count). The lowest BCUT2D eigenvalue weighted by molar-refractivity contribution is -0.148. The zero-order valence-electron chi connectivity index (χ0n) is 14.8. The van der Waals surface area contributed by atoms with Crippen LogP contribution in [0.1, 0.15) is 37.7 Å². The standard InChI is InChI=1S/C19H25ClN2O4/c20-16-8-6-14(7-9-16)10-11-21-17(23)13-26-18(24)12-22-19(25)15-4-2-1-3-5-15/h6-9,15H,1-5,10-13H2,(H,21,23)(H,22,25). The second-order valence-corrected chi connectivity index (χ2v) is 6.88. The maximum atomic E-state index is 11.9. The van der Waals surface area contributed by atoms with E-state index in [4.69, 9.17) is 16.3 Å². The molecule has 0 spiro atoms. The SMILES string of the molecule is O=C(COC(=O)CNC(=O)C1CCCCC1)NCCc1ccc(Cl)cc1. The first kappa shape index (κ1) is 20.2. The smallest absolute Gasteiger partial charge is 0.325 e. The van der Waals surface area contributed by atoms with Gasteiger partial charge in [-0.1, -0.05) is 43.0 Å². The van der Waals surface area contributed by atoms with Crippen LogP contribution in [0.25, 0.3) is 0 Å². The first-order chi connectivity index (χ1) is 12.5. The van der Waals surface area contributed by atoms with E-state index in [0.29, 0.717) is 18.0 Å². The van der Waals surface area contributed by atoms with Crippen LogP contribution in [-0.2, 0) is 25.5 Å². The lowest BCUT2D eigenvalue weighted by Crippen LogP contribution is -2.37. The summed E-state index contributed by atoms with van der Waals surface area (Å²) in [4.78, 5) is 35.2. The molecule has 0 aromatic heterocycles. The van der Waals surface area contributed by atoms with Crippen LogP contribution >= 0.6 is 11.6 Å². The lowest BCUT2D eigenvalue weighted by atomic mass is 9.89. The summed E-state index contributed by atoms with van der Waals surface area (Å²) in [5, 5.41) is 5.94. The molecule has 0 saturated heterocycles. The van der Waals surface area contributed by atoms with Gasteiger partial charge in [0, 0.05) is 17.5 Å². The lowest BCUT2D eigenvalue weighted by Gasteiger charge is -2.20. The molecule has 142 valence electrons. The van der Waals surface area contributed by atoms with Crippen molar-refractivity contribution in [3.63, 3.8) is 0 Å². The molecule has 1 aromatic carbocycles. The van der Waals surface area contributed by atoms with Crippen molar-refractivity contribution in [2.75, 3.05) is 19.7 Å². The first-order valence-corrected chi connectivity index (χ1v) is 9.37. The van der Waals surface area contributed by atoms with Crippen molar-refractivity contribution in [1.82, 2.24) is 10.6 Å². The van der Waals surface area contributed by atoms with Gasteiger partial charge in [-0.2, -0.15) is 0 Å². The van der Waals surface area contributed by atoms with Crippen molar-refractivity contribution in [2.24, 2.45) is 5.92 Å². The number of rotatable bonds is 8. The molecule has 0 unspecified atom stereocenters. The topological polar surface area (TPSA) is 84.5 Å². The molecule has 2 N–H and O–H groups in total. The molecule has 1 fully saturated rings. The van der Waals surface area contributed by atoms with Gasteiger partial charge in [0.2, 0.25) is 5.91 Å². The van der Waals surface area contributed by atoms with E-state index in [2.05, 4.69) is 10.6 Å². The fourth-order valence-electron chi connectivity index (χ4n) is 2.91. The van der Waals surface area contributed by atoms with E-state index in [1.54, 1.807) is 12.1 Å². The van der Waals surface area contributed by atoms with E-state index in [0.717, 1.165) is 31.2 Å². The van der Waals surface area contributed by atoms with E-state index in [1.165, 1.54) is 6.42 Å². The number of esters is 1. The average molecular weight is 381 g/mol. The first-order valence-electron chi connectivity index (χ1n) is 8.99. The minimum absolute atomic E-state index is 0.00674. The molecule has 1 aliphatic carbocycles. The van der Waals surface area contributed by atoms with E-state index in [9.17, 15) is 14.4 Å². The summed E-state index contributed by atoms with van der Waals surface area (Å²) in [7, 11) is 0. The molecule has 6 nitrogen and oxygen atoms in total. The highest BCUT2D eigenvalue weighted by molar-refractivity contribution is 6.30. The molecule has 0 heterocycles. The third-order valence-corrected chi connectivity index (χ3v) is 4.65. The fourth-order valence-corrected chi connectivity index (χ4v) is 3.04. The van der Waals surface area contributed by atoms with Crippen LogP contribution in [0.15, 0.2) is 24.3 Å². The number of nitrogens with one attached hydrogen (secondary N) is 2. The Bertz CT molecular complexity index is 612. The van der Waals surface area contributed by atoms with Gasteiger partial charge >= 0.3 is 5.97 Å². The van der Waals surface area contributed by atoms with Gasteiger partial charge in [0.05, 0.1) is 0 Å². The Morgan fingerprint density at radius 3 is 2.42 bits per heavy atom. The van der Waals surface area contributed by atoms with Crippen molar-refractivity contribution in [3.8, 4) is 0 Å². The summed E-state index contributed by atoms with van der Waals surface area (Å²) in [5.41, 5.74) is 1.05. The predicted octanol–water partition coefficient (Wildman–Crippen LogP) is 2.24. The van der Waals surface area contributed by atoms with E-state index < -0.39 is 5.97 Å². The van der Waals surface area contributed by atoms with Crippen LogP contribution in [-0.4, -0.2) is 37.5 Å². The molecular formula is C19H25ClN2O4. The third-order valence-electron chi connectivity index (χ3n) is 4.40. The maximum Gasteiger partial charge on any atom is 0.325 e. The fraction of sp³-hybridized carbons (Fsp3) is 0.526. The van der Waals surface area contributed by atoms with Crippen molar-refractivity contribution >= 4 is 29.4 Å². The molecule has 0 atom stereocenters. The molecule has 26 heavy (non-hydrogen) atoms. The number of ether oxygens (including phenoxy) is 1. The van der Waals surface area contributed by atoms with E-state index in [1.807, 2.05) is 12.1 Å². The summed E-state index contributed by atoms with van der Waals surface area (Å²) in [6, 6.07) is 7.37. The molecule has 1 aromatic rings. The second-order valence-electron chi connectivity index (χ2n) is 6.44. The summed E-state index contributed by atoms with van der Waals surface area (Å²) in [6.07, 6.45) is 5.68. The molecule has 7 heteroatoms. The number of hydrogen-bond acceptors (Lipinski definition) is 4. The second kappa shape index (κ2) is 10.8. The Labute approximate surface area is 158 Å². The number of halogens is 1. The monoisotopic (exact) mass is 380 g/mol. The minimum atomic E-state index is -0.609. The van der Waals surface area contributed by atoms with Crippen molar-refractivity contribution < 1.29 is 19.1 Å². The van der Waals surface area contributed by atoms with Gasteiger partial charge in [-0.3, -0.25) is 14.4 Å². The van der Waals surface area contributed by atoms with Crippen molar-refractivity contribution in [3.05, 3.63) is 34.9 Å². The normalized spacial score (nSPS) is 14.5. The molecule has 0 radical (unpaired) electrons. The van der Waals surface area contributed by atoms with Crippen molar-refractivity contribution in [1.29, 1.82) is 0 Å². The number of amides is 2. The highest BCUT2D eigenvalue weighted by atomic mass is 35.5. The van der Waals surface area contributed by atoms with Gasteiger partial charge in [0.15, 0.2) is 6.61 Å². The number of hydrogen-bond donors (Lipinski definition) is 2. The van der Waals surface area contributed by atoms with Crippen LogP contribution in [0.2, 0.25) is 5.02 Å². The van der Waals surface area contributed by atoms with E-state index in [-0.39, 0.29) is 30.9 Å². The minimum Gasteiger partial charge on any atom is -0.454 e. The molecule has 2 amide bonds. The summed E-state index contributed by atoms with van der Waals surface area (Å²) < 4.78 is 4.88. The number of benzene rings is 1. The number of carbonyl (C=O) groups is 3. The molecular weight excluding hydrogens is 356 g/mol. The maximum absolute atomic E-state index is 11.9. The van der Waals surface area contributed by atoms with Crippen LogP contribution in [0.3, 0.4) is 0 Å². The van der Waals surface area contributed by atoms with Crippen LogP contribution < -0.4 is 10.6 Å². The quantitative estimate of drug-likeness (QED) is 0.677. The largest absolute Gasteiger partial charge is 0.454 e. The molecule has 0 bridgehead atoms. The van der Waals surface area contributed by atoms with Crippen LogP contribution in [0, 0.1) is 5.92 Å². The highest BCUT2D eigenvalue weighted by Gasteiger charge is 2.21. The predicted molar refractivity (Wildman–Crippen MR) is 98.7 cm³/mol. The van der Waals surface area contributed by atoms with Crippen molar-refractivity contribution in [2.45, 2.75) is 38.5 Å². The van der Waals surface area contributed by atoms with Crippen LogP contribution in [0.5, 0.6) is 0 Å². The summed E-state index contributed by atoms with van der Waals surface area (Å²) >= 11 is 5.81. The Hall–Kier alpha value is -2.08. The Kier molecular flexibility index (Phi) is 8.41. The Morgan fingerprint density at radius 1 is 1.04 bits per heavy atom. The zero-order valence-corrected chi connectivity index (χ0v) is 15.5. The van der Waals surface area contributed by atoms with Crippen LogP contribution in [0.4, 0.5) is 0 Å². The number of carbonyl (C=O) groups excluding carboxylic acids is 3. The molecule has 0 aliphatic heterocycles. The Balaban J connectivity index is 1.55. The van der Waals surface area contributed by atoms with Gasteiger partial charge < -0.3 is 15.4 Å². The molecule has 1 aliphatic rings. The van der Waals surface area contributed by atoms with Gasteiger partial charge in [-0.15, -0.1) is 0 Å². The summed E-state index contributed by atoms with van der Waals surface area (Å²) in [5.74, 6) is -1.09.